The third-order valence-corrected chi connectivity index (χ3v) is 2.03. The third kappa shape index (κ3) is 2.13. The van der Waals surface area contributed by atoms with Gasteiger partial charge in [-0.05, 0) is 18.6 Å². The maximum atomic E-state index is 10.9. The van der Waals surface area contributed by atoms with Crippen molar-refractivity contribution in [2.45, 2.75) is 13.0 Å². The minimum Gasteiger partial charge on any atom is -0.478 e. The second-order valence-corrected chi connectivity index (χ2v) is 3.17. The molecule has 0 bridgehead atoms. The summed E-state index contributed by atoms with van der Waals surface area (Å²) in [7, 11) is 0. The molecule has 1 aromatic carbocycles. The van der Waals surface area contributed by atoms with Crippen LogP contribution in [0.2, 0.25) is 0 Å². The smallest absolute Gasteiger partial charge is 0.336 e. The van der Waals surface area contributed by atoms with Gasteiger partial charge in [-0.1, -0.05) is 12.1 Å². The van der Waals surface area contributed by atoms with Crippen molar-refractivity contribution in [2.75, 3.05) is 0 Å². The molecule has 1 aromatic rings. The van der Waals surface area contributed by atoms with E-state index in [9.17, 15) is 9.59 Å². The number of hydrogen-bond donors (Lipinski definition) is 3. The molecule has 0 aliphatic rings. The molecule has 15 heavy (non-hydrogen) atoms. The average Bonchev–Trinajstić information content (AvgIpc) is 2.16. The van der Waals surface area contributed by atoms with Gasteiger partial charge in [0.2, 0.25) is 0 Å². The van der Waals surface area contributed by atoms with E-state index < -0.39 is 18.0 Å². The Hall–Kier alpha value is -1.88. The molecule has 0 fully saturated rings. The molecule has 1 atom stereocenters. The number of carboxylic acids is 2. The van der Waals surface area contributed by atoms with E-state index in [-0.39, 0.29) is 11.1 Å². The number of aromatic carboxylic acids is 2. The molecule has 0 saturated carbocycles. The fourth-order valence-electron chi connectivity index (χ4n) is 1.37. The van der Waals surface area contributed by atoms with Gasteiger partial charge >= 0.3 is 11.9 Å². The molecule has 0 heterocycles. The van der Waals surface area contributed by atoms with E-state index in [0.29, 0.717) is 5.56 Å². The summed E-state index contributed by atoms with van der Waals surface area (Å²) in [5.74, 6) is -2.55. The minimum absolute atomic E-state index is 0.236. The molecule has 80 valence electrons. The molecule has 5 heteroatoms. The predicted molar refractivity (Wildman–Crippen MR) is 53.0 cm³/mol. The minimum atomic E-state index is -1.28. The quantitative estimate of drug-likeness (QED) is 0.692. The molecule has 0 aliphatic heterocycles. The van der Waals surface area contributed by atoms with Gasteiger partial charge < -0.3 is 15.9 Å². The second-order valence-electron chi connectivity index (χ2n) is 3.17. The van der Waals surface area contributed by atoms with Crippen LogP contribution in [0.3, 0.4) is 0 Å². The SMILES string of the molecule is CC(N)c1cccc(C(=O)O)c1C(=O)O. The van der Waals surface area contributed by atoms with Crippen LogP contribution in [-0.2, 0) is 0 Å². The zero-order valence-electron chi connectivity index (χ0n) is 8.10. The van der Waals surface area contributed by atoms with E-state index in [2.05, 4.69) is 0 Å². The maximum absolute atomic E-state index is 10.9. The summed E-state index contributed by atoms with van der Waals surface area (Å²) in [5.41, 5.74) is 5.41. The molecule has 0 spiro atoms. The monoisotopic (exact) mass is 209 g/mol. The highest BCUT2D eigenvalue weighted by Crippen LogP contribution is 2.20. The van der Waals surface area contributed by atoms with Crippen LogP contribution in [0, 0.1) is 0 Å². The number of nitrogens with two attached hydrogens (primary N) is 1. The van der Waals surface area contributed by atoms with Crippen molar-refractivity contribution in [1.82, 2.24) is 0 Å². The van der Waals surface area contributed by atoms with Crippen LogP contribution in [0.4, 0.5) is 0 Å². The summed E-state index contributed by atoms with van der Waals surface area (Å²) in [6.07, 6.45) is 0. The number of hydrogen-bond acceptors (Lipinski definition) is 3. The summed E-state index contributed by atoms with van der Waals surface area (Å²) in [4.78, 5) is 21.7. The summed E-state index contributed by atoms with van der Waals surface area (Å²) in [6.45, 7) is 1.60. The molecule has 0 aromatic heterocycles. The van der Waals surface area contributed by atoms with Gasteiger partial charge in [0.25, 0.3) is 0 Å². The van der Waals surface area contributed by atoms with Crippen LogP contribution in [0.15, 0.2) is 18.2 Å². The highest BCUT2D eigenvalue weighted by molar-refractivity contribution is 6.02. The maximum Gasteiger partial charge on any atom is 0.336 e. The molecule has 4 N–H and O–H groups in total. The van der Waals surface area contributed by atoms with Gasteiger partial charge in [-0.25, -0.2) is 9.59 Å². The molecular formula is C10H11NO4. The first-order valence-corrected chi connectivity index (χ1v) is 4.30. The molecule has 0 radical (unpaired) electrons. The molecule has 5 nitrogen and oxygen atoms in total. The van der Waals surface area contributed by atoms with Crippen molar-refractivity contribution in [1.29, 1.82) is 0 Å². The Morgan fingerprint density at radius 2 is 1.87 bits per heavy atom. The third-order valence-electron chi connectivity index (χ3n) is 2.03. The second kappa shape index (κ2) is 4.10. The number of rotatable bonds is 3. The Balaban J connectivity index is 3.48. The molecule has 0 amide bonds. The van der Waals surface area contributed by atoms with Gasteiger partial charge in [0.15, 0.2) is 0 Å². The van der Waals surface area contributed by atoms with Crippen LogP contribution in [0.1, 0.15) is 39.2 Å². The number of carboxylic acid groups (broad SMARTS) is 2. The Labute approximate surface area is 86.1 Å². The lowest BCUT2D eigenvalue weighted by Crippen LogP contribution is -2.16. The predicted octanol–water partition coefficient (Wildman–Crippen LogP) is 1.10. The zero-order valence-corrected chi connectivity index (χ0v) is 8.10. The summed E-state index contributed by atoms with van der Waals surface area (Å²) >= 11 is 0. The van der Waals surface area contributed by atoms with Gasteiger partial charge in [-0.15, -0.1) is 0 Å². The molecule has 1 unspecified atom stereocenters. The summed E-state index contributed by atoms with van der Waals surface area (Å²) in [5, 5.41) is 17.7. The van der Waals surface area contributed by atoms with Crippen LogP contribution in [0.5, 0.6) is 0 Å². The Morgan fingerprint density at radius 1 is 1.27 bits per heavy atom. The largest absolute Gasteiger partial charge is 0.478 e. The van der Waals surface area contributed by atoms with E-state index in [1.807, 2.05) is 0 Å². The van der Waals surface area contributed by atoms with Gasteiger partial charge in [0.05, 0.1) is 11.1 Å². The fraction of sp³-hybridized carbons (Fsp3) is 0.200. The van der Waals surface area contributed by atoms with Crippen molar-refractivity contribution in [3.8, 4) is 0 Å². The van der Waals surface area contributed by atoms with E-state index >= 15 is 0 Å². The van der Waals surface area contributed by atoms with Crippen molar-refractivity contribution in [3.63, 3.8) is 0 Å². The van der Waals surface area contributed by atoms with Crippen LogP contribution < -0.4 is 5.73 Å². The normalized spacial score (nSPS) is 12.1. The zero-order chi connectivity index (χ0) is 11.6. The Bertz CT molecular complexity index is 412. The number of benzene rings is 1. The lowest BCUT2D eigenvalue weighted by Gasteiger charge is -2.11. The first kappa shape index (κ1) is 11.2. The van der Waals surface area contributed by atoms with Crippen LogP contribution in [-0.4, -0.2) is 22.2 Å². The van der Waals surface area contributed by atoms with E-state index in [4.69, 9.17) is 15.9 Å². The van der Waals surface area contributed by atoms with E-state index in [0.717, 1.165) is 0 Å². The van der Waals surface area contributed by atoms with Crippen molar-refractivity contribution in [2.24, 2.45) is 5.73 Å². The van der Waals surface area contributed by atoms with Gasteiger partial charge in [0, 0.05) is 6.04 Å². The van der Waals surface area contributed by atoms with Crippen molar-refractivity contribution in [3.05, 3.63) is 34.9 Å². The topological polar surface area (TPSA) is 101 Å². The first-order valence-electron chi connectivity index (χ1n) is 4.30. The van der Waals surface area contributed by atoms with Gasteiger partial charge in [-0.3, -0.25) is 0 Å². The number of carbonyl (C=O) groups is 2. The fourth-order valence-corrected chi connectivity index (χ4v) is 1.37. The van der Waals surface area contributed by atoms with Crippen molar-refractivity contribution >= 4 is 11.9 Å². The highest BCUT2D eigenvalue weighted by Gasteiger charge is 2.21. The van der Waals surface area contributed by atoms with Gasteiger partial charge in [-0.2, -0.15) is 0 Å². The highest BCUT2D eigenvalue weighted by atomic mass is 16.4. The molecule has 1 rings (SSSR count). The van der Waals surface area contributed by atoms with Crippen LogP contribution in [0.25, 0.3) is 0 Å². The lowest BCUT2D eigenvalue weighted by atomic mass is 9.97. The van der Waals surface area contributed by atoms with Gasteiger partial charge in [0.1, 0.15) is 0 Å². The average molecular weight is 209 g/mol. The Morgan fingerprint density at radius 3 is 2.27 bits per heavy atom. The van der Waals surface area contributed by atoms with Crippen molar-refractivity contribution < 1.29 is 19.8 Å². The molecule has 0 saturated heterocycles. The molecule has 0 aliphatic carbocycles. The van der Waals surface area contributed by atoms with E-state index in [1.165, 1.54) is 18.2 Å². The van der Waals surface area contributed by atoms with E-state index in [1.54, 1.807) is 6.92 Å². The standard InChI is InChI=1S/C10H11NO4/c1-5(11)6-3-2-4-7(9(12)13)8(6)10(14)15/h2-5H,11H2,1H3,(H,12,13)(H,14,15). The lowest BCUT2D eigenvalue weighted by molar-refractivity contribution is 0.0650. The Kier molecular flexibility index (Phi) is 3.06. The van der Waals surface area contributed by atoms with Crippen LogP contribution >= 0.6 is 0 Å². The summed E-state index contributed by atoms with van der Waals surface area (Å²) < 4.78 is 0. The first-order chi connectivity index (χ1) is 6.95. The summed E-state index contributed by atoms with van der Waals surface area (Å²) in [6, 6.07) is 3.72. The molecular weight excluding hydrogens is 198 g/mol.